The van der Waals surface area contributed by atoms with Crippen LogP contribution >= 0.6 is 7.82 Å². The van der Waals surface area contributed by atoms with Crippen LogP contribution < -0.4 is 45.0 Å². The van der Waals surface area contributed by atoms with Crippen LogP contribution in [-0.2, 0) is 51.9 Å². The van der Waals surface area contributed by atoms with Gasteiger partial charge in [0.2, 0.25) is 41.4 Å². The fraction of sp³-hybridized carbons (Fsp3) is 0.629. The van der Waals surface area contributed by atoms with Crippen LogP contribution in [0.25, 0.3) is 11.0 Å². The topological polar surface area (TPSA) is 460 Å². The summed E-state index contributed by atoms with van der Waals surface area (Å²) in [6.07, 6.45) is -4.26. The normalized spacial score (nSPS) is 33.4. The number of phosphoric ester groups is 1. The van der Waals surface area contributed by atoms with E-state index >= 15 is 0 Å². The molecule has 3 unspecified atom stereocenters. The zero-order valence-electron chi connectivity index (χ0n) is 53.3. The standard InChI is InChI=1S/C62H90N13O14P/c1-29-20-39-40(21-30(29)2)75(28-70-39)57-52(84)53(41(27-76)87-57)89-90(85,86)88-31(3)26-69-49(83)18-19-59(8)37(22-46(66)80)56-62(11)61(10,25-48(68)82)36(14-17-45(65)79)51(74-62)33(5)55-60(9,24-47(67)81)34(12-15-43(63)77)38(71-55)23-42-58(6,7)35(13-16-44(64)78)50(72-42)32(4)54(59)73-56/h20-21,23,28,31,34-37,41,52-53,56-57,71,76,84H,12-19,22,24-27H2,1-11H3,(H2,63,77)(H2,64,78)(H2,65,79)(H2,66,80)(H2,67,81)(H2,68,82)(H,69,83)(H,85,86)/b38-23-,50-32-,55-33?/t31?,34-,35-,36-,37+,41-,52-,53-,56-,57+,59-,60+,61+,62?/m1/s1. The number of nitrogens with two attached hydrogens (primary N) is 6. The molecule has 1 aromatic carbocycles. The number of benzene rings is 1. The molecule has 7 heterocycles. The molecule has 0 radical (unpaired) electrons. The second-order valence-electron chi connectivity index (χ2n) is 27.1. The van der Waals surface area contributed by atoms with Gasteiger partial charge in [-0.1, -0.05) is 34.6 Å². The van der Waals surface area contributed by atoms with Crippen LogP contribution in [0.4, 0.5) is 0 Å². The van der Waals surface area contributed by atoms with Crippen LogP contribution in [0.3, 0.4) is 0 Å². The molecule has 6 aliphatic rings. The summed E-state index contributed by atoms with van der Waals surface area (Å²) in [5.74, 6) is -7.18. The summed E-state index contributed by atoms with van der Waals surface area (Å²) < 4.78 is 32.3. The van der Waals surface area contributed by atoms with E-state index < -0.39 is 143 Å². The number of allylic oxidation sites excluding steroid dienone is 6. The zero-order chi connectivity index (χ0) is 66.7. The third kappa shape index (κ3) is 13.0. The van der Waals surface area contributed by atoms with Crippen LogP contribution in [0.1, 0.15) is 150 Å². The number of fused-ring (bicyclic) bond motifs is 7. The molecule has 2 aromatic rings. The number of phosphoric acid groups is 1. The molecule has 2 saturated heterocycles. The number of imidazole rings is 1. The molecule has 0 aliphatic carbocycles. The van der Waals surface area contributed by atoms with Gasteiger partial charge in [0.15, 0.2) is 6.23 Å². The fourth-order valence-corrected chi connectivity index (χ4v) is 16.6. The Labute approximate surface area is 523 Å². The Bertz CT molecular complexity index is 3540. The molecule has 1 aromatic heterocycles. The number of hydrogen-bond acceptors (Lipinski definition) is 18. The molecule has 8 rings (SSSR count). The van der Waals surface area contributed by atoms with Crippen LogP contribution in [0, 0.1) is 59.2 Å². The van der Waals surface area contributed by atoms with Crippen molar-refractivity contribution in [2.75, 3.05) is 13.2 Å². The third-order valence-electron chi connectivity index (χ3n) is 20.6. The first-order valence-corrected chi connectivity index (χ1v) is 32.1. The van der Waals surface area contributed by atoms with E-state index in [1.165, 1.54) is 13.3 Å². The van der Waals surface area contributed by atoms with Gasteiger partial charge in [-0.15, -0.1) is 0 Å². The van der Waals surface area contributed by atoms with E-state index in [2.05, 4.69) is 15.6 Å². The Balaban J connectivity index is 1.19. The highest BCUT2D eigenvalue weighted by molar-refractivity contribution is 7.47. The maximum atomic E-state index is 14.4. The Morgan fingerprint density at radius 3 is 1.99 bits per heavy atom. The number of aliphatic hydroxyl groups is 2. The van der Waals surface area contributed by atoms with Gasteiger partial charge in [-0.3, -0.25) is 57.6 Å². The van der Waals surface area contributed by atoms with Crippen molar-refractivity contribution in [2.45, 2.75) is 189 Å². The molecule has 27 nitrogen and oxygen atoms in total. The third-order valence-corrected chi connectivity index (χ3v) is 21.7. The summed E-state index contributed by atoms with van der Waals surface area (Å²) in [5.41, 5.74) is 37.4. The van der Waals surface area contributed by atoms with Gasteiger partial charge in [0.1, 0.15) is 18.3 Å². The Hall–Kier alpha value is -7.00. The highest BCUT2D eigenvalue weighted by Gasteiger charge is 2.66. The summed E-state index contributed by atoms with van der Waals surface area (Å²) in [5, 5.41) is 28.2. The Morgan fingerprint density at radius 1 is 0.800 bits per heavy atom. The number of hydrogen-bond donors (Lipinski definition) is 11. The van der Waals surface area contributed by atoms with E-state index in [1.54, 1.807) is 4.57 Å². The molecule has 28 heteroatoms. The van der Waals surface area contributed by atoms with Crippen molar-refractivity contribution in [3.8, 4) is 0 Å². The number of amides is 7. The molecule has 8 bridgehead atoms. The lowest BCUT2D eigenvalue weighted by Crippen LogP contribution is -2.56. The summed E-state index contributed by atoms with van der Waals surface area (Å²) in [7, 11) is -5.07. The van der Waals surface area contributed by atoms with Gasteiger partial charge in [-0.05, 0) is 108 Å². The minimum Gasteiger partial charge on any atom is -0.394 e. The summed E-state index contributed by atoms with van der Waals surface area (Å²) in [4.78, 5) is 126. The van der Waals surface area contributed by atoms with Gasteiger partial charge in [0, 0.05) is 131 Å². The number of ether oxygens (including phenoxy) is 1. The predicted molar refractivity (Wildman–Crippen MR) is 334 cm³/mol. The fourth-order valence-electron chi connectivity index (χ4n) is 15.4. The predicted octanol–water partition coefficient (Wildman–Crippen LogP) is 3.16. The van der Waals surface area contributed by atoms with Gasteiger partial charge < -0.3 is 69.4 Å². The lowest BCUT2D eigenvalue weighted by molar-refractivity contribution is -0.124. The number of carbonyl (C=O) groups is 7. The van der Waals surface area contributed by atoms with Gasteiger partial charge >= 0.3 is 7.82 Å². The number of aliphatic hydroxyl groups excluding tert-OH is 2. The van der Waals surface area contributed by atoms with Gasteiger partial charge in [0.25, 0.3) is 0 Å². The number of carbonyl (C=O) groups excluding carboxylic acids is 7. The minimum absolute atomic E-state index is 0.0114. The highest BCUT2D eigenvalue weighted by atomic mass is 31.2. The second kappa shape index (κ2) is 25.6. The molecule has 492 valence electrons. The molecule has 6 aliphatic heterocycles. The number of aliphatic imine (C=N–C) groups is 3. The zero-order valence-corrected chi connectivity index (χ0v) is 54.1. The van der Waals surface area contributed by atoms with Crippen molar-refractivity contribution in [1.29, 1.82) is 0 Å². The largest absolute Gasteiger partial charge is 0.472 e. The molecule has 15 atom stereocenters. The molecular formula is C62H90N13O14P. The SMILES string of the molecule is CC1=C2N/C(=C\C3=NC(=C(/C)C4=N[C@H]([C@H](CC(N)=O)[C@@]4(C)CCC(=O)NCC(C)OP(=O)(O)O[C@H]4[C@@H](O)[C@@H](n5cnc6cc(C)c(C)cc65)O[C@@H]4CO)C4(C)N=C1[C@@H](CCC(N)=O)[C@]4(C)CC(N)=O)/[C@@H](CCC(N)=O)C3(C)C)[C@@H](CCC(N)=O)[C@]2(C)CC(N)=O. The molecule has 0 saturated carbocycles. The smallest absolute Gasteiger partial charge is 0.394 e. The van der Waals surface area contributed by atoms with Crippen molar-refractivity contribution in [1.82, 2.24) is 20.2 Å². The van der Waals surface area contributed by atoms with Gasteiger partial charge in [-0.25, -0.2) is 9.55 Å². The highest BCUT2D eigenvalue weighted by Crippen LogP contribution is 2.63. The van der Waals surface area contributed by atoms with E-state index in [-0.39, 0.29) is 77.2 Å². The quantitative estimate of drug-likeness (QED) is 0.0603. The molecular weight excluding hydrogens is 1180 g/mol. The summed E-state index contributed by atoms with van der Waals surface area (Å²) >= 11 is 0. The monoisotopic (exact) mass is 1270 g/mol. The van der Waals surface area contributed by atoms with E-state index in [1.807, 2.05) is 87.4 Å². The lowest BCUT2D eigenvalue weighted by atomic mass is 9.55. The first-order chi connectivity index (χ1) is 41.8. The Kier molecular flexibility index (Phi) is 19.6. The van der Waals surface area contributed by atoms with E-state index in [0.717, 1.165) is 11.1 Å². The van der Waals surface area contributed by atoms with Crippen LogP contribution in [-0.4, -0.2) is 132 Å². The molecule has 7 amide bonds. The average Bonchev–Trinajstić information content (AvgIpc) is 1.53. The van der Waals surface area contributed by atoms with Crippen molar-refractivity contribution in [2.24, 2.45) is 94.7 Å². The molecule has 2 fully saturated rings. The first-order valence-electron chi connectivity index (χ1n) is 30.6. The first kappa shape index (κ1) is 68.9. The second-order valence-corrected chi connectivity index (χ2v) is 28.4. The number of aryl methyl sites for hydroxylation is 2. The van der Waals surface area contributed by atoms with Crippen molar-refractivity contribution in [3.05, 3.63) is 63.9 Å². The molecule has 90 heavy (non-hydrogen) atoms. The molecule has 0 spiro atoms. The van der Waals surface area contributed by atoms with Crippen LogP contribution in [0.15, 0.2) is 67.8 Å². The summed E-state index contributed by atoms with van der Waals surface area (Å²) in [6.45, 7) is 19.3. The maximum Gasteiger partial charge on any atom is 0.472 e. The van der Waals surface area contributed by atoms with E-state index in [4.69, 9.17) is 63.2 Å². The minimum atomic E-state index is -5.07. The van der Waals surface area contributed by atoms with Gasteiger partial charge in [-0.2, -0.15) is 0 Å². The van der Waals surface area contributed by atoms with Crippen molar-refractivity contribution >= 4 is 77.3 Å². The number of nitrogens with zero attached hydrogens (tertiary/aromatic N) is 5. The van der Waals surface area contributed by atoms with Crippen molar-refractivity contribution in [3.63, 3.8) is 0 Å². The number of nitrogens with one attached hydrogen (secondary N) is 2. The van der Waals surface area contributed by atoms with E-state index in [9.17, 15) is 53.2 Å². The average molecular weight is 1270 g/mol. The number of rotatable bonds is 26. The molecule has 17 N–H and O–H groups in total. The van der Waals surface area contributed by atoms with Crippen LogP contribution in [0.5, 0.6) is 0 Å². The van der Waals surface area contributed by atoms with Crippen LogP contribution in [0.2, 0.25) is 0 Å². The lowest BCUT2D eigenvalue weighted by Gasteiger charge is -2.48. The number of primary amides is 6. The van der Waals surface area contributed by atoms with Gasteiger partial charge in [0.05, 0.1) is 41.7 Å². The van der Waals surface area contributed by atoms with Crippen molar-refractivity contribution < 1.29 is 67.0 Å². The Morgan fingerprint density at radius 2 is 1.40 bits per heavy atom. The van der Waals surface area contributed by atoms with E-state index in [0.29, 0.717) is 56.4 Å². The summed E-state index contributed by atoms with van der Waals surface area (Å²) in [6, 6.07) is 2.70. The number of aromatic nitrogens is 2. The maximum absolute atomic E-state index is 14.4.